The van der Waals surface area contributed by atoms with Crippen LogP contribution < -0.4 is 10.2 Å². The third-order valence-electron chi connectivity index (χ3n) is 3.98. The van der Waals surface area contributed by atoms with E-state index in [4.69, 9.17) is 4.74 Å². The molecule has 0 aliphatic heterocycles. The van der Waals surface area contributed by atoms with E-state index in [0.717, 1.165) is 27.6 Å². The number of benzene rings is 3. The fourth-order valence-electron chi connectivity index (χ4n) is 2.73. The van der Waals surface area contributed by atoms with Gasteiger partial charge in [-0.3, -0.25) is 4.79 Å². The van der Waals surface area contributed by atoms with Crippen molar-refractivity contribution >= 4 is 22.9 Å². The molecule has 1 amide bonds. The number of rotatable bonds is 5. The molecule has 1 N–H and O–H groups in total. The number of hydrogen-bond acceptors (Lipinski definition) is 3. The third kappa shape index (κ3) is 3.69. The van der Waals surface area contributed by atoms with Crippen LogP contribution in [0.4, 0.5) is 0 Å². The van der Waals surface area contributed by atoms with Crippen LogP contribution in [0.1, 0.15) is 28.4 Å². The predicted octanol–water partition coefficient (Wildman–Crippen LogP) is 4.31. The smallest absolute Gasteiger partial charge is 0.271 e. The number of nitrogens with zero attached hydrogens (tertiary/aromatic N) is 1. The molecule has 25 heavy (non-hydrogen) atoms. The Morgan fingerprint density at radius 2 is 1.84 bits per heavy atom. The highest BCUT2D eigenvalue weighted by Gasteiger charge is 2.08. The summed E-state index contributed by atoms with van der Waals surface area (Å²) >= 11 is 0. The standard InChI is InChI=1S/C21H20N2O2/c1-3-25-20-13-12-16-9-5-7-11-18(16)19(20)14-22-23-21(24)17-10-6-4-8-15(17)2/h4-14H,3H2,1-2H3,(H,23,24)/b22-14-. The minimum Gasteiger partial charge on any atom is -0.493 e. The quantitative estimate of drug-likeness (QED) is 0.559. The van der Waals surface area contributed by atoms with E-state index in [-0.39, 0.29) is 5.91 Å². The summed E-state index contributed by atoms with van der Waals surface area (Å²) in [6.07, 6.45) is 1.64. The van der Waals surface area contributed by atoms with Gasteiger partial charge in [0.2, 0.25) is 0 Å². The maximum absolute atomic E-state index is 12.3. The highest BCUT2D eigenvalue weighted by atomic mass is 16.5. The van der Waals surface area contributed by atoms with Gasteiger partial charge in [0.25, 0.3) is 5.91 Å². The SMILES string of the molecule is CCOc1ccc2ccccc2c1/C=N\NC(=O)c1ccccc1C. The van der Waals surface area contributed by atoms with Gasteiger partial charge in [0.1, 0.15) is 5.75 Å². The van der Waals surface area contributed by atoms with Crippen LogP contribution in [0.5, 0.6) is 5.75 Å². The first-order valence-corrected chi connectivity index (χ1v) is 8.24. The Balaban J connectivity index is 1.89. The number of hydrogen-bond donors (Lipinski definition) is 1. The van der Waals surface area contributed by atoms with Gasteiger partial charge in [-0.1, -0.05) is 48.5 Å². The minimum atomic E-state index is -0.229. The molecule has 3 aromatic carbocycles. The molecular weight excluding hydrogens is 312 g/mol. The van der Waals surface area contributed by atoms with Gasteiger partial charge < -0.3 is 4.74 Å². The average Bonchev–Trinajstić information content (AvgIpc) is 2.63. The minimum absolute atomic E-state index is 0.229. The van der Waals surface area contributed by atoms with Gasteiger partial charge in [0, 0.05) is 11.1 Å². The fourth-order valence-corrected chi connectivity index (χ4v) is 2.73. The molecule has 3 aromatic rings. The summed E-state index contributed by atoms with van der Waals surface area (Å²) in [4.78, 5) is 12.3. The molecule has 0 heterocycles. The summed E-state index contributed by atoms with van der Waals surface area (Å²) in [6.45, 7) is 4.40. The molecule has 0 aromatic heterocycles. The van der Waals surface area contributed by atoms with Crippen LogP contribution in [0.15, 0.2) is 65.8 Å². The second kappa shape index (κ2) is 7.62. The van der Waals surface area contributed by atoms with E-state index >= 15 is 0 Å². The molecule has 0 atom stereocenters. The van der Waals surface area contributed by atoms with E-state index in [1.807, 2.05) is 68.4 Å². The Labute approximate surface area is 147 Å². The van der Waals surface area contributed by atoms with Gasteiger partial charge >= 0.3 is 0 Å². The molecule has 0 spiro atoms. The third-order valence-corrected chi connectivity index (χ3v) is 3.98. The van der Waals surface area contributed by atoms with Crippen LogP contribution in [-0.2, 0) is 0 Å². The van der Waals surface area contributed by atoms with E-state index in [9.17, 15) is 4.79 Å². The second-order valence-electron chi connectivity index (χ2n) is 5.65. The Morgan fingerprint density at radius 3 is 2.64 bits per heavy atom. The Hall–Kier alpha value is -3.14. The van der Waals surface area contributed by atoms with Crippen molar-refractivity contribution < 1.29 is 9.53 Å². The van der Waals surface area contributed by atoms with E-state index in [0.29, 0.717) is 12.2 Å². The fraction of sp³-hybridized carbons (Fsp3) is 0.143. The summed E-state index contributed by atoms with van der Waals surface area (Å²) in [7, 11) is 0. The van der Waals surface area contributed by atoms with Crippen LogP contribution in [0.25, 0.3) is 10.8 Å². The first kappa shape index (κ1) is 16.7. The van der Waals surface area contributed by atoms with Crippen molar-refractivity contribution in [3.8, 4) is 5.75 Å². The molecule has 0 fully saturated rings. The van der Waals surface area contributed by atoms with E-state index in [1.165, 1.54) is 0 Å². The zero-order chi connectivity index (χ0) is 17.6. The van der Waals surface area contributed by atoms with E-state index in [2.05, 4.69) is 10.5 Å². The number of carbonyl (C=O) groups is 1. The van der Waals surface area contributed by atoms with Crippen molar-refractivity contribution in [1.29, 1.82) is 0 Å². The number of hydrazone groups is 1. The molecule has 0 saturated carbocycles. The summed E-state index contributed by atoms with van der Waals surface area (Å²) in [5.41, 5.74) is 4.98. The molecule has 4 nitrogen and oxygen atoms in total. The number of aryl methyl sites for hydroxylation is 1. The van der Waals surface area contributed by atoms with Crippen molar-refractivity contribution in [3.05, 3.63) is 77.4 Å². The number of fused-ring (bicyclic) bond motifs is 1. The maximum atomic E-state index is 12.3. The molecule has 0 bridgehead atoms. The van der Waals surface area contributed by atoms with E-state index in [1.54, 1.807) is 12.3 Å². The van der Waals surface area contributed by atoms with Gasteiger partial charge in [-0.05, 0) is 42.3 Å². The lowest BCUT2D eigenvalue weighted by Crippen LogP contribution is -2.18. The Kier molecular flexibility index (Phi) is 5.09. The van der Waals surface area contributed by atoms with E-state index < -0.39 is 0 Å². The monoisotopic (exact) mass is 332 g/mol. The topological polar surface area (TPSA) is 50.7 Å². The molecule has 4 heteroatoms. The Morgan fingerprint density at radius 1 is 1.08 bits per heavy atom. The number of nitrogens with one attached hydrogen (secondary N) is 1. The average molecular weight is 332 g/mol. The molecule has 0 radical (unpaired) electrons. The van der Waals surface area contributed by atoms with Crippen LogP contribution in [0, 0.1) is 6.92 Å². The molecule has 0 unspecified atom stereocenters. The largest absolute Gasteiger partial charge is 0.493 e. The van der Waals surface area contributed by atoms with Gasteiger partial charge in [0.05, 0.1) is 12.8 Å². The van der Waals surface area contributed by atoms with Gasteiger partial charge in [-0.25, -0.2) is 5.43 Å². The molecule has 0 aliphatic rings. The van der Waals surface area contributed by atoms with Crippen molar-refractivity contribution in [2.24, 2.45) is 5.10 Å². The lowest BCUT2D eigenvalue weighted by atomic mass is 10.0. The van der Waals surface area contributed by atoms with Crippen LogP contribution in [0.3, 0.4) is 0 Å². The maximum Gasteiger partial charge on any atom is 0.271 e. The summed E-state index contributed by atoms with van der Waals surface area (Å²) in [5, 5.41) is 6.27. The number of ether oxygens (including phenoxy) is 1. The summed E-state index contributed by atoms with van der Waals surface area (Å²) < 4.78 is 5.70. The van der Waals surface area contributed by atoms with Crippen molar-refractivity contribution in [2.75, 3.05) is 6.61 Å². The van der Waals surface area contributed by atoms with Crippen LogP contribution in [-0.4, -0.2) is 18.7 Å². The van der Waals surface area contributed by atoms with Crippen LogP contribution in [0.2, 0.25) is 0 Å². The van der Waals surface area contributed by atoms with Gasteiger partial charge in [-0.2, -0.15) is 5.10 Å². The number of carbonyl (C=O) groups excluding carboxylic acids is 1. The number of amides is 1. The molecule has 0 saturated heterocycles. The Bertz CT molecular complexity index is 932. The highest BCUT2D eigenvalue weighted by Crippen LogP contribution is 2.26. The lowest BCUT2D eigenvalue weighted by molar-refractivity contribution is 0.0954. The second-order valence-corrected chi connectivity index (χ2v) is 5.65. The molecule has 0 aliphatic carbocycles. The van der Waals surface area contributed by atoms with Gasteiger partial charge in [0.15, 0.2) is 0 Å². The zero-order valence-electron chi connectivity index (χ0n) is 14.3. The normalized spacial score (nSPS) is 11.0. The van der Waals surface area contributed by atoms with Crippen LogP contribution >= 0.6 is 0 Å². The first-order valence-electron chi connectivity index (χ1n) is 8.24. The lowest BCUT2D eigenvalue weighted by Gasteiger charge is -2.10. The summed E-state index contributed by atoms with van der Waals surface area (Å²) in [6, 6.07) is 19.4. The van der Waals surface area contributed by atoms with Crippen molar-refractivity contribution in [1.82, 2.24) is 5.43 Å². The van der Waals surface area contributed by atoms with Crippen molar-refractivity contribution in [2.45, 2.75) is 13.8 Å². The molecular formula is C21H20N2O2. The highest BCUT2D eigenvalue weighted by molar-refractivity contribution is 6.03. The molecule has 126 valence electrons. The molecule has 3 rings (SSSR count). The van der Waals surface area contributed by atoms with Crippen molar-refractivity contribution in [3.63, 3.8) is 0 Å². The first-order chi connectivity index (χ1) is 12.2. The zero-order valence-corrected chi connectivity index (χ0v) is 14.3. The predicted molar refractivity (Wildman–Crippen MR) is 101 cm³/mol. The van der Waals surface area contributed by atoms with Gasteiger partial charge in [-0.15, -0.1) is 0 Å². The summed E-state index contributed by atoms with van der Waals surface area (Å²) in [5.74, 6) is 0.516.